The monoisotopic (exact) mass is 245 g/mol. The van der Waals surface area contributed by atoms with Crippen LogP contribution in [0.3, 0.4) is 0 Å². The summed E-state index contributed by atoms with van der Waals surface area (Å²) in [4.78, 5) is 0. The van der Waals surface area contributed by atoms with Crippen molar-refractivity contribution >= 4 is 5.71 Å². The second-order valence-electron chi connectivity index (χ2n) is 3.83. The third kappa shape index (κ3) is 3.12. The molecule has 0 unspecified atom stereocenters. The van der Waals surface area contributed by atoms with Gasteiger partial charge in [-0.05, 0) is 42.7 Å². The van der Waals surface area contributed by atoms with E-state index in [2.05, 4.69) is 9.89 Å². The molecule has 1 aromatic carbocycles. The summed E-state index contributed by atoms with van der Waals surface area (Å²) in [5.74, 6) is -0.0660. The van der Waals surface area contributed by atoms with Crippen LogP contribution < -0.4 is 4.74 Å². The molecule has 6 heteroatoms. The van der Waals surface area contributed by atoms with Crippen molar-refractivity contribution in [2.45, 2.75) is 19.2 Å². The predicted molar refractivity (Wildman–Crippen MR) is 54.2 cm³/mol. The van der Waals surface area contributed by atoms with Gasteiger partial charge in [0, 0.05) is 5.92 Å². The van der Waals surface area contributed by atoms with Crippen LogP contribution >= 0.6 is 0 Å². The molecule has 1 fully saturated rings. The SMILES string of the molecule is O/N=C(/c1ccc(OC(F)(F)F)cc1)C1CC1. The van der Waals surface area contributed by atoms with E-state index < -0.39 is 6.36 Å². The Kier molecular flexibility index (Phi) is 2.95. The first-order valence-electron chi connectivity index (χ1n) is 5.08. The third-order valence-corrected chi connectivity index (χ3v) is 2.46. The van der Waals surface area contributed by atoms with Crippen molar-refractivity contribution < 1.29 is 23.1 Å². The highest BCUT2D eigenvalue weighted by molar-refractivity contribution is 6.03. The molecule has 0 atom stereocenters. The summed E-state index contributed by atoms with van der Waals surface area (Å²) in [5, 5.41) is 12.0. The molecular weight excluding hydrogens is 235 g/mol. The number of oxime groups is 1. The van der Waals surface area contributed by atoms with Crippen LogP contribution in [0.1, 0.15) is 18.4 Å². The molecule has 0 saturated heterocycles. The molecule has 17 heavy (non-hydrogen) atoms. The van der Waals surface area contributed by atoms with Crippen molar-refractivity contribution in [2.24, 2.45) is 11.1 Å². The maximum absolute atomic E-state index is 11.9. The molecule has 0 aromatic heterocycles. The summed E-state index contributed by atoms with van der Waals surface area (Å²) in [6, 6.07) is 5.32. The van der Waals surface area contributed by atoms with Crippen molar-refractivity contribution in [1.82, 2.24) is 0 Å². The van der Waals surface area contributed by atoms with Crippen LogP contribution in [0.5, 0.6) is 5.75 Å². The van der Waals surface area contributed by atoms with Gasteiger partial charge in [-0.3, -0.25) is 0 Å². The van der Waals surface area contributed by atoms with Crippen molar-refractivity contribution in [2.75, 3.05) is 0 Å². The first-order valence-corrected chi connectivity index (χ1v) is 5.08. The highest BCUT2D eigenvalue weighted by atomic mass is 19.4. The van der Waals surface area contributed by atoms with E-state index in [1.807, 2.05) is 0 Å². The van der Waals surface area contributed by atoms with E-state index in [4.69, 9.17) is 5.21 Å². The highest BCUT2D eigenvalue weighted by Crippen LogP contribution is 2.33. The minimum absolute atomic E-state index is 0.217. The number of alkyl halides is 3. The van der Waals surface area contributed by atoms with Crippen LogP contribution in [0.25, 0.3) is 0 Å². The molecule has 0 aliphatic heterocycles. The average Bonchev–Trinajstić information content (AvgIpc) is 3.04. The van der Waals surface area contributed by atoms with Crippen molar-refractivity contribution in [3.05, 3.63) is 29.8 Å². The third-order valence-electron chi connectivity index (χ3n) is 2.46. The molecule has 1 aromatic rings. The Bertz CT molecular complexity index is 421. The van der Waals surface area contributed by atoms with E-state index in [9.17, 15) is 13.2 Å². The summed E-state index contributed by atoms with van der Waals surface area (Å²) in [6.45, 7) is 0. The number of nitrogens with zero attached hydrogens (tertiary/aromatic N) is 1. The lowest BCUT2D eigenvalue weighted by Crippen LogP contribution is -2.17. The lowest BCUT2D eigenvalue weighted by atomic mass is 10.1. The second kappa shape index (κ2) is 4.27. The van der Waals surface area contributed by atoms with Crippen LogP contribution in [0.2, 0.25) is 0 Å². The average molecular weight is 245 g/mol. The Morgan fingerprint density at radius 2 is 1.82 bits per heavy atom. The molecule has 1 N–H and O–H groups in total. The lowest BCUT2D eigenvalue weighted by molar-refractivity contribution is -0.274. The van der Waals surface area contributed by atoms with E-state index in [0.717, 1.165) is 12.8 Å². The molecule has 0 amide bonds. The summed E-state index contributed by atoms with van der Waals surface area (Å²) in [7, 11) is 0. The molecule has 0 radical (unpaired) electrons. The Balaban J connectivity index is 2.12. The predicted octanol–water partition coefficient (Wildman–Crippen LogP) is 3.17. The molecule has 3 nitrogen and oxygen atoms in total. The Morgan fingerprint density at radius 3 is 2.24 bits per heavy atom. The maximum atomic E-state index is 11.9. The normalized spacial score (nSPS) is 17.0. The van der Waals surface area contributed by atoms with Crippen LogP contribution in [-0.4, -0.2) is 17.3 Å². The second-order valence-corrected chi connectivity index (χ2v) is 3.83. The van der Waals surface area contributed by atoms with Crippen molar-refractivity contribution in [1.29, 1.82) is 0 Å². The fraction of sp³-hybridized carbons (Fsp3) is 0.364. The summed E-state index contributed by atoms with van der Waals surface area (Å²) < 4.78 is 39.5. The summed E-state index contributed by atoms with van der Waals surface area (Å²) in [6.07, 6.45) is -2.80. The van der Waals surface area contributed by atoms with Gasteiger partial charge in [0.25, 0.3) is 0 Å². The molecule has 92 valence electrons. The quantitative estimate of drug-likeness (QED) is 0.505. The number of ether oxygens (including phenoxy) is 1. The van der Waals surface area contributed by atoms with E-state index in [1.165, 1.54) is 24.3 Å². The van der Waals surface area contributed by atoms with E-state index in [0.29, 0.717) is 11.3 Å². The highest BCUT2D eigenvalue weighted by Gasteiger charge is 2.32. The van der Waals surface area contributed by atoms with Gasteiger partial charge in [-0.1, -0.05) is 5.16 Å². The minimum atomic E-state index is -4.69. The Hall–Kier alpha value is -1.72. The van der Waals surface area contributed by atoms with Crippen LogP contribution in [0, 0.1) is 5.92 Å². The van der Waals surface area contributed by atoms with Crippen LogP contribution in [0.4, 0.5) is 13.2 Å². The van der Waals surface area contributed by atoms with Gasteiger partial charge in [-0.15, -0.1) is 13.2 Å². The zero-order valence-electron chi connectivity index (χ0n) is 8.74. The van der Waals surface area contributed by atoms with Gasteiger partial charge in [0.2, 0.25) is 0 Å². The lowest BCUT2D eigenvalue weighted by Gasteiger charge is -2.09. The number of hydrogen-bond acceptors (Lipinski definition) is 3. The maximum Gasteiger partial charge on any atom is 0.573 e. The number of rotatable bonds is 3. The number of halogens is 3. The molecule has 1 aliphatic rings. The Labute approximate surface area is 95.5 Å². The van der Waals surface area contributed by atoms with Gasteiger partial charge in [0.15, 0.2) is 0 Å². The molecule has 0 bridgehead atoms. The largest absolute Gasteiger partial charge is 0.573 e. The molecular formula is C11H10F3NO2. The smallest absolute Gasteiger partial charge is 0.411 e. The van der Waals surface area contributed by atoms with E-state index >= 15 is 0 Å². The Morgan fingerprint density at radius 1 is 1.24 bits per heavy atom. The van der Waals surface area contributed by atoms with Gasteiger partial charge in [0.1, 0.15) is 5.75 Å². The van der Waals surface area contributed by atoms with Crippen LogP contribution in [0.15, 0.2) is 29.4 Å². The van der Waals surface area contributed by atoms with Gasteiger partial charge < -0.3 is 9.94 Å². The topological polar surface area (TPSA) is 41.8 Å². The van der Waals surface area contributed by atoms with E-state index in [-0.39, 0.29) is 11.7 Å². The first kappa shape index (κ1) is 11.8. The standard InChI is InChI=1S/C11H10F3NO2/c12-11(13,14)17-9-5-3-8(4-6-9)10(15-16)7-1-2-7/h3-7,16H,1-2H2/b15-10+. The number of benzene rings is 1. The molecule has 1 saturated carbocycles. The van der Waals surface area contributed by atoms with Gasteiger partial charge >= 0.3 is 6.36 Å². The van der Waals surface area contributed by atoms with Crippen molar-refractivity contribution in [3.63, 3.8) is 0 Å². The molecule has 0 heterocycles. The summed E-state index contributed by atoms with van der Waals surface area (Å²) in [5.41, 5.74) is 1.13. The number of hydrogen-bond donors (Lipinski definition) is 1. The minimum Gasteiger partial charge on any atom is -0.411 e. The first-order chi connectivity index (χ1) is 7.99. The molecule has 1 aliphatic carbocycles. The fourth-order valence-corrected chi connectivity index (χ4v) is 1.56. The zero-order chi connectivity index (χ0) is 12.5. The van der Waals surface area contributed by atoms with Gasteiger partial charge in [-0.25, -0.2) is 0 Å². The van der Waals surface area contributed by atoms with E-state index in [1.54, 1.807) is 0 Å². The van der Waals surface area contributed by atoms with Gasteiger partial charge in [0.05, 0.1) is 5.71 Å². The van der Waals surface area contributed by atoms with Crippen LogP contribution in [-0.2, 0) is 0 Å². The fourth-order valence-electron chi connectivity index (χ4n) is 1.56. The van der Waals surface area contributed by atoms with Crippen molar-refractivity contribution in [3.8, 4) is 5.75 Å². The summed E-state index contributed by atoms with van der Waals surface area (Å²) >= 11 is 0. The van der Waals surface area contributed by atoms with Gasteiger partial charge in [-0.2, -0.15) is 0 Å². The molecule has 0 spiro atoms. The zero-order valence-corrected chi connectivity index (χ0v) is 8.74. The molecule has 2 rings (SSSR count).